The van der Waals surface area contributed by atoms with E-state index < -0.39 is 47.7 Å². The first-order valence-corrected chi connectivity index (χ1v) is 35.0. The normalized spacial score (nSPS) is 14.5. The van der Waals surface area contributed by atoms with Gasteiger partial charge in [-0.1, -0.05) is 30.7 Å². The number of benzene rings is 2. The van der Waals surface area contributed by atoms with E-state index in [0.717, 1.165) is 0 Å². The summed E-state index contributed by atoms with van der Waals surface area (Å²) < 4.78 is 116. The number of azide groups is 6. The second-order valence-corrected chi connectivity index (χ2v) is 21.9. The van der Waals surface area contributed by atoms with E-state index in [2.05, 4.69) is 65.5 Å². The lowest BCUT2D eigenvalue weighted by Gasteiger charge is -2.44. The number of aromatic carboxylic acids is 2. The third-order valence-electron chi connectivity index (χ3n) is 13.8. The quantitative estimate of drug-likeness (QED) is 0.0200. The van der Waals surface area contributed by atoms with E-state index in [9.17, 15) is 34.5 Å². The highest BCUT2D eigenvalue weighted by Crippen LogP contribution is 2.41. The molecule has 1 amide bonds. The first kappa shape index (κ1) is 100. The van der Waals surface area contributed by atoms with Gasteiger partial charge in [0.15, 0.2) is 23.0 Å². The number of carbonyl (C=O) groups excluding carboxylic acids is 1. The molecular weight excluding hydrogens is 1500 g/mol. The molecule has 112 heavy (non-hydrogen) atoms. The molecule has 2 aromatic carbocycles. The number of hydrogen-bond acceptors (Lipinski definition) is 32. The van der Waals surface area contributed by atoms with E-state index in [1.165, 1.54) is 24.3 Å². The van der Waals surface area contributed by atoms with E-state index >= 15 is 0 Å². The van der Waals surface area contributed by atoms with Crippen molar-refractivity contribution in [2.75, 3.05) is 265 Å². The molecule has 2 aromatic rings. The van der Waals surface area contributed by atoms with Crippen LogP contribution in [0.2, 0.25) is 0 Å². The first-order valence-electron chi connectivity index (χ1n) is 35.0. The van der Waals surface area contributed by atoms with Gasteiger partial charge in [-0.25, -0.2) is 9.59 Å². The lowest BCUT2D eigenvalue weighted by atomic mass is 9.78. The zero-order valence-corrected chi connectivity index (χ0v) is 63.1. The fourth-order valence-electron chi connectivity index (χ4n) is 8.87. The summed E-state index contributed by atoms with van der Waals surface area (Å²) in [6, 6.07) is 5.37. The Bertz CT molecular complexity index is 3070. The molecule has 2 unspecified atom stereocenters. The molecule has 0 aliphatic heterocycles. The number of methoxy groups -OCH3 is 3. The largest absolute Gasteiger partial charge is 0.487 e. The van der Waals surface area contributed by atoms with Crippen LogP contribution in [0.1, 0.15) is 46.4 Å². The van der Waals surface area contributed by atoms with E-state index in [0.29, 0.717) is 79.0 Å². The van der Waals surface area contributed by atoms with Gasteiger partial charge >= 0.3 is 17.9 Å². The number of ether oxygens (including phenoxy) is 21. The van der Waals surface area contributed by atoms with Crippen molar-refractivity contribution < 1.29 is 139 Å². The molecule has 5 N–H and O–H groups in total. The predicted octanol–water partition coefficient (Wildman–Crippen LogP) is 6.64. The summed E-state index contributed by atoms with van der Waals surface area (Å²) in [5.74, 6) is -3.06. The van der Waals surface area contributed by atoms with Crippen molar-refractivity contribution in [3.8, 4) is 34.5 Å². The summed E-state index contributed by atoms with van der Waals surface area (Å²) in [7, 11) is 4.77. The van der Waals surface area contributed by atoms with Crippen LogP contribution in [0.4, 0.5) is 0 Å². The van der Waals surface area contributed by atoms with Gasteiger partial charge in [-0.2, -0.15) is 0 Å². The van der Waals surface area contributed by atoms with Gasteiger partial charge in [0, 0.05) is 116 Å². The Morgan fingerprint density at radius 2 is 0.661 bits per heavy atom. The topological polar surface area (TPSA) is 648 Å². The van der Waals surface area contributed by atoms with Crippen LogP contribution < -0.4 is 33.7 Å². The SMILES string of the molecule is COCCOCCOc1cc(C(=O)O)cc(OCCOCCOC)c1OCCOCCOC.[N-]=[N+]=NCCCOCCOC1C(OCCOCCN=[N+]=[N-])CC(O)(C(=O)NCCC(=O)O)CC1OCCOCCN=[N+]=[N-].[N-]=[N+]=NCCOCCOc1cc(C(=O)O)cc(OCCOCCN=[N+]=[N-])c1OCCOCCN=[N+]=[N-]. The van der Waals surface area contributed by atoms with Crippen LogP contribution in [-0.2, 0) is 80.6 Å². The monoisotopic (exact) mass is 1600 g/mol. The molecule has 1 fully saturated rings. The van der Waals surface area contributed by atoms with Gasteiger partial charge in [0.25, 0.3) is 5.91 Å². The Labute approximate surface area is 644 Å². The van der Waals surface area contributed by atoms with Crippen LogP contribution in [0, 0.1) is 0 Å². The second kappa shape index (κ2) is 70.5. The molecule has 0 saturated heterocycles. The Morgan fingerprint density at radius 3 is 0.964 bits per heavy atom. The summed E-state index contributed by atoms with van der Waals surface area (Å²) in [6.07, 6.45) is -2.57. The number of carboxylic acid groups (broad SMARTS) is 3. The van der Waals surface area contributed by atoms with Crippen molar-refractivity contribution in [1.29, 1.82) is 0 Å². The number of aliphatic hydroxyl groups is 1. The maximum absolute atomic E-state index is 13.0. The lowest BCUT2D eigenvalue weighted by Crippen LogP contribution is -2.61. The molecule has 628 valence electrons. The molecule has 2 atom stereocenters. The van der Waals surface area contributed by atoms with Crippen LogP contribution in [0.15, 0.2) is 55.0 Å². The second-order valence-electron chi connectivity index (χ2n) is 21.9. The highest BCUT2D eigenvalue weighted by atomic mass is 16.6. The highest BCUT2D eigenvalue weighted by Gasteiger charge is 2.51. The van der Waals surface area contributed by atoms with Crippen molar-refractivity contribution in [2.45, 2.75) is 49.6 Å². The van der Waals surface area contributed by atoms with Gasteiger partial charge in [-0.15, -0.1) is 0 Å². The van der Waals surface area contributed by atoms with E-state index in [1.807, 2.05) is 0 Å². The molecule has 48 nitrogen and oxygen atoms in total. The van der Waals surface area contributed by atoms with Crippen molar-refractivity contribution in [1.82, 2.24) is 5.32 Å². The first-order chi connectivity index (χ1) is 54.6. The maximum atomic E-state index is 13.0. The van der Waals surface area contributed by atoms with Crippen molar-refractivity contribution in [3.05, 3.63) is 98.0 Å². The fourth-order valence-corrected chi connectivity index (χ4v) is 8.87. The number of amides is 1. The number of nitrogens with zero attached hydrogens (tertiary/aromatic N) is 18. The average molecular weight is 1600 g/mol. The summed E-state index contributed by atoms with van der Waals surface area (Å²) in [4.78, 5) is 62.9. The summed E-state index contributed by atoms with van der Waals surface area (Å²) in [6.45, 7) is 7.76. The Kier molecular flexibility index (Phi) is 63.1. The molecule has 1 aliphatic rings. The smallest absolute Gasteiger partial charge is 0.335 e. The van der Waals surface area contributed by atoms with Gasteiger partial charge < -0.3 is 125 Å². The van der Waals surface area contributed by atoms with Gasteiger partial charge in [0.05, 0.1) is 182 Å². The van der Waals surface area contributed by atoms with Gasteiger partial charge in [0.1, 0.15) is 51.3 Å². The fraction of sp³-hybridized carbons (Fsp3) is 0.750. The molecule has 3 rings (SSSR count). The summed E-state index contributed by atoms with van der Waals surface area (Å²) >= 11 is 0. The molecule has 0 spiro atoms. The minimum Gasteiger partial charge on any atom is -0.487 e. The minimum absolute atomic E-state index is 0.00398. The molecule has 0 heterocycles. The Balaban J connectivity index is 0.000000848. The maximum Gasteiger partial charge on any atom is 0.335 e. The number of hydrogen-bond donors (Lipinski definition) is 5. The summed E-state index contributed by atoms with van der Waals surface area (Å²) in [5.41, 5.74) is 47.8. The number of aliphatic carboxylic acids is 1. The van der Waals surface area contributed by atoms with Crippen LogP contribution >= 0.6 is 0 Å². The van der Waals surface area contributed by atoms with Crippen molar-refractivity contribution in [2.24, 2.45) is 30.7 Å². The minimum atomic E-state index is -1.96. The standard InChI is InChI=1S/C23H40N10O10.C22H36O11.C19H27N9O8/c24-31-28-3-1-7-38-12-15-43-21-18(41-13-10-39-8-5-29-32-25)16-23(37,22(36)27-4-2-20(34)35)17-19(21)42-14-11-40-9-6-30-33-26;1-25-4-7-28-10-13-31-19-16-18(22(23)24)17-20(32-14-11-29-8-5-26-2)21(19)33-15-12-30-9-6-27-3;20-26-23-1-4-31-7-10-34-16-13-15(19(29)30)14-17(35-11-8-32-5-2-24-27-21)18(16)36-12-9-33-6-3-25-28-22/h18-19,21,37H,1-17H2,(H,27,36)(H,34,35);16-17H,4-15H2,1-3H3,(H,23,24);13-14H,1-12H2,(H,29,30). The number of rotatable bonds is 70. The molecule has 0 radical (unpaired) electrons. The molecular formula is C64H103N19O29. The predicted molar refractivity (Wildman–Crippen MR) is 390 cm³/mol. The third kappa shape index (κ3) is 51.0. The zero-order valence-electron chi connectivity index (χ0n) is 63.1. The average Bonchev–Trinajstić information content (AvgIpc) is 0.782. The van der Waals surface area contributed by atoms with Crippen molar-refractivity contribution >= 4 is 23.8 Å². The molecule has 0 aromatic heterocycles. The van der Waals surface area contributed by atoms with E-state index in [4.69, 9.17) is 138 Å². The van der Waals surface area contributed by atoms with Crippen molar-refractivity contribution in [3.63, 3.8) is 0 Å². The van der Waals surface area contributed by atoms with E-state index in [1.54, 1.807) is 21.3 Å². The van der Waals surface area contributed by atoms with E-state index in [-0.39, 0.29) is 236 Å². The molecule has 1 aliphatic carbocycles. The van der Waals surface area contributed by atoms with Gasteiger partial charge in [0.2, 0.25) is 11.5 Å². The number of carboxylic acids is 3. The van der Waals surface area contributed by atoms with Gasteiger partial charge in [-0.05, 0) is 63.9 Å². The summed E-state index contributed by atoms with van der Waals surface area (Å²) in [5, 5.41) is 62.0. The number of carbonyl (C=O) groups is 4. The van der Waals surface area contributed by atoms with Crippen LogP contribution in [-0.4, -0.2) is 334 Å². The zero-order chi connectivity index (χ0) is 82.0. The lowest BCUT2D eigenvalue weighted by molar-refractivity contribution is -0.210. The van der Waals surface area contributed by atoms with Crippen LogP contribution in [0.5, 0.6) is 34.5 Å². The highest BCUT2D eigenvalue weighted by molar-refractivity contribution is 5.90. The van der Waals surface area contributed by atoms with Gasteiger partial charge in [-0.3, -0.25) is 9.59 Å². The molecule has 1 saturated carbocycles. The van der Waals surface area contributed by atoms with Crippen LogP contribution in [0.25, 0.3) is 62.7 Å². The molecule has 0 bridgehead atoms. The number of nitrogens with one attached hydrogen (secondary N) is 1. The third-order valence-corrected chi connectivity index (χ3v) is 13.8. The van der Waals surface area contributed by atoms with Crippen LogP contribution in [0.3, 0.4) is 0 Å². The molecule has 48 heteroatoms. The Morgan fingerprint density at radius 1 is 0.384 bits per heavy atom. The Hall–Kier alpha value is -9.66.